The van der Waals surface area contributed by atoms with Crippen LogP contribution in [0.25, 0.3) is 0 Å². The molecule has 2 nitrogen and oxygen atoms in total. The van der Waals surface area contributed by atoms with Crippen LogP contribution in [-0.4, -0.2) is 19.2 Å². The highest BCUT2D eigenvalue weighted by atomic mass is 32.1. The number of hydrogen-bond acceptors (Lipinski definition) is 3. The third-order valence-electron chi connectivity index (χ3n) is 2.68. The highest BCUT2D eigenvalue weighted by Gasteiger charge is 2.31. The van der Waals surface area contributed by atoms with Crippen molar-refractivity contribution >= 4 is 11.3 Å². The SMILES string of the molecule is CN[C@@]1(C)COc2c(C)csc2C1. The van der Waals surface area contributed by atoms with Gasteiger partial charge in [0, 0.05) is 16.9 Å². The molecule has 0 saturated heterocycles. The Kier molecular flexibility index (Phi) is 2.08. The number of nitrogens with one attached hydrogen (secondary N) is 1. The first-order chi connectivity index (χ1) is 6.14. The number of likely N-dealkylation sites (N-methyl/N-ethyl adjacent to an activating group) is 1. The first-order valence-electron chi connectivity index (χ1n) is 4.53. The van der Waals surface area contributed by atoms with Crippen molar-refractivity contribution in [3.05, 3.63) is 15.8 Å². The molecular formula is C10H15NOS. The molecule has 2 rings (SSSR count). The van der Waals surface area contributed by atoms with E-state index in [0.717, 1.165) is 18.8 Å². The van der Waals surface area contributed by atoms with E-state index in [1.54, 1.807) is 11.3 Å². The van der Waals surface area contributed by atoms with Crippen LogP contribution in [0.1, 0.15) is 17.4 Å². The minimum Gasteiger partial charge on any atom is -0.490 e. The Hall–Kier alpha value is -0.540. The largest absolute Gasteiger partial charge is 0.490 e. The van der Waals surface area contributed by atoms with Gasteiger partial charge in [-0.1, -0.05) is 0 Å². The Balaban J connectivity index is 2.30. The summed E-state index contributed by atoms with van der Waals surface area (Å²) >= 11 is 1.80. The molecular weight excluding hydrogens is 182 g/mol. The second kappa shape index (κ2) is 3.00. The Morgan fingerprint density at radius 2 is 2.38 bits per heavy atom. The quantitative estimate of drug-likeness (QED) is 0.743. The molecule has 0 aliphatic carbocycles. The van der Waals surface area contributed by atoms with E-state index in [1.807, 2.05) is 7.05 Å². The molecule has 0 bridgehead atoms. The maximum atomic E-state index is 5.75. The van der Waals surface area contributed by atoms with Crippen LogP contribution in [0.4, 0.5) is 0 Å². The number of fused-ring (bicyclic) bond motifs is 1. The van der Waals surface area contributed by atoms with Crippen molar-refractivity contribution in [1.29, 1.82) is 0 Å². The highest BCUT2D eigenvalue weighted by molar-refractivity contribution is 7.10. The summed E-state index contributed by atoms with van der Waals surface area (Å²) in [5.41, 5.74) is 1.39. The van der Waals surface area contributed by atoms with E-state index in [-0.39, 0.29) is 5.54 Å². The van der Waals surface area contributed by atoms with Gasteiger partial charge >= 0.3 is 0 Å². The second-order valence-electron chi connectivity index (χ2n) is 3.95. The lowest BCUT2D eigenvalue weighted by Crippen LogP contribution is -2.49. The van der Waals surface area contributed by atoms with Crippen LogP contribution >= 0.6 is 11.3 Å². The van der Waals surface area contributed by atoms with Crippen LogP contribution < -0.4 is 10.1 Å². The predicted octanol–water partition coefficient (Wildman–Crippen LogP) is 1.97. The lowest BCUT2D eigenvalue weighted by atomic mass is 9.95. The van der Waals surface area contributed by atoms with Gasteiger partial charge in [-0.15, -0.1) is 11.3 Å². The molecule has 2 heterocycles. The van der Waals surface area contributed by atoms with Crippen LogP contribution in [0.15, 0.2) is 5.38 Å². The predicted molar refractivity (Wildman–Crippen MR) is 55.7 cm³/mol. The van der Waals surface area contributed by atoms with E-state index in [9.17, 15) is 0 Å². The van der Waals surface area contributed by atoms with Gasteiger partial charge in [-0.2, -0.15) is 0 Å². The highest BCUT2D eigenvalue weighted by Crippen LogP contribution is 2.36. The lowest BCUT2D eigenvalue weighted by Gasteiger charge is -2.33. The van der Waals surface area contributed by atoms with Gasteiger partial charge < -0.3 is 10.1 Å². The molecule has 0 saturated carbocycles. The van der Waals surface area contributed by atoms with Gasteiger partial charge in [0.15, 0.2) is 0 Å². The van der Waals surface area contributed by atoms with E-state index in [4.69, 9.17) is 4.74 Å². The summed E-state index contributed by atoms with van der Waals surface area (Å²) in [6, 6.07) is 0. The molecule has 0 radical (unpaired) electrons. The fraction of sp³-hybridized carbons (Fsp3) is 0.600. The first kappa shape index (κ1) is 9.03. The number of rotatable bonds is 1. The van der Waals surface area contributed by atoms with Crippen LogP contribution in [-0.2, 0) is 6.42 Å². The molecule has 1 aliphatic heterocycles. The zero-order chi connectivity index (χ0) is 9.47. The Bertz CT molecular complexity index is 321. The van der Waals surface area contributed by atoms with Crippen LogP contribution in [0.5, 0.6) is 5.75 Å². The normalized spacial score (nSPS) is 26.7. The fourth-order valence-electron chi connectivity index (χ4n) is 1.60. The Labute approximate surface area is 82.9 Å². The van der Waals surface area contributed by atoms with Crippen molar-refractivity contribution in [2.45, 2.75) is 25.8 Å². The monoisotopic (exact) mass is 197 g/mol. The molecule has 0 aromatic carbocycles. The van der Waals surface area contributed by atoms with Gasteiger partial charge in [0.25, 0.3) is 0 Å². The van der Waals surface area contributed by atoms with Crippen molar-refractivity contribution in [3.8, 4) is 5.75 Å². The molecule has 1 atom stereocenters. The fourth-order valence-corrected chi connectivity index (χ4v) is 2.76. The maximum Gasteiger partial charge on any atom is 0.136 e. The summed E-state index contributed by atoms with van der Waals surface area (Å²) in [6.07, 6.45) is 1.08. The molecule has 72 valence electrons. The van der Waals surface area contributed by atoms with Gasteiger partial charge in [0.2, 0.25) is 0 Å². The topological polar surface area (TPSA) is 21.3 Å². The Morgan fingerprint density at radius 3 is 3.08 bits per heavy atom. The van der Waals surface area contributed by atoms with Crippen molar-refractivity contribution in [2.24, 2.45) is 0 Å². The molecule has 0 amide bonds. The van der Waals surface area contributed by atoms with Gasteiger partial charge in [-0.05, 0) is 26.3 Å². The van der Waals surface area contributed by atoms with Crippen molar-refractivity contribution in [1.82, 2.24) is 5.32 Å². The summed E-state index contributed by atoms with van der Waals surface area (Å²) in [5, 5.41) is 5.48. The summed E-state index contributed by atoms with van der Waals surface area (Å²) in [6.45, 7) is 5.08. The summed E-state index contributed by atoms with van der Waals surface area (Å²) in [4.78, 5) is 1.38. The standard InChI is InChI=1S/C10H15NOS/c1-7-5-13-8-4-10(2,11-3)6-12-9(7)8/h5,11H,4,6H2,1-3H3/t10-/m1/s1. The maximum absolute atomic E-state index is 5.75. The van der Waals surface area contributed by atoms with Crippen LogP contribution in [0, 0.1) is 6.92 Å². The van der Waals surface area contributed by atoms with E-state index in [1.165, 1.54) is 10.4 Å². The van der Waals surface area contributed by atoms with Crippen LogP contribution in [0.3, 0.4) is 0 Å². The molecule has 13 heavy (non-hydrogen) atoms. The van der Waals surface area contributed by atoms with Gasteiger partial charge in [-0.3, -0.25) is 0 Å². The molecule has 0 spiro atoms. The molecule has 0 fully saturated rings. The summed E-state index contributed by atoms with van der Waals surface area (Å²) in [5.74, 6) is 1.12. The molecule has 1 aromatic rings. The minimum absolute atomic E-state index is 0.115. The molecule has 1 N–H and O–H groups in total. The van der Waals surface area contributed by atoms with Crippen molar-refractivity contribution in [3.63, 3.8) is 0 Å². The van der Waals surface area contributed by atoms with Crippen LogP contribution in [0.2, 0.25) is 0 Å². The zero-order valence-corrected chi connectivity index (χ0v) is 9.12. The van der Waals surface area contributed by atoms with Gasteiger partial charge in [0.05, 0.1) is 5.54 Å². The summed E-state index contributed by atoms with van der Waals surface area (Å²) in [7, 11) is 1.99. The molecule has 1 aromatic heterocycles. The van der Waals surface area contributed by atoms with Gasteiger partial charge in [0.1, 0.15) is 12.4 Å². The zero-order valence-electron chi connectivity index (χ0n) is 8.31. The average molecular weight is 197 g/mol. The van der Waals surface area contributed by atoms with Crippen molar-refractivity contribution < 1.29 is 4.74 Å². The lowest BCUT2D eigenvalue weighted by molar-refractivity contribution is 0.179. The molecule has 1 aliphatic rings. The third kappa shape index (κ3) is 1.46. The Morgan fingerprint density at radius 1 is 1.62 bits per heavy atom. The average Bonchev–Trinajstić information content (AvgIpc) is 2.47. The smallest absolute Gasteiger partial charge is 0.136 e. The molecule has 3 heteroatoms. The van der Waals surface area contributed by atoms with E-state index in [2.05, 4.69) is 24.5 Å². The number of thiophene rings is 1. The van der Waals surface area contributed by atoms with E-state index in [0.29, 0.717) is 0 Å². The van der Waals surface area contributed by atoms with E-state index < -0.39 is 0 Å². The minimum atomic E-state index is 0.115. The first-order valence-corrected chi connectivity index (χ1v) is 5.41. The molecule has 0 unspecified atom stereocenters. The summed E-state index contributed by atoms with van der Waals surface area (Å²) < 4.78 is 5.75. The number of hydrogen-bond donors (Lipinski definition) is 1. The number of aryl methyl sites for hydroxylation is 1. The number of ether oxygens (including phenoxy) is 1. The third-order valence-corrected chi connectivity index (χ3v) is 3.76. The van der Waals surface area contributed by atoms with Crippen molar-refractivity contribution in [2.75, 3.05) is 13.7 Å². The van der Waals surface area contributed by atoms with E-state index >= 15 is 0 Å². The van der Waals surface area contributed by atoms with Gasteiger partial charge in [-0.25, -0.2) is 0 Å². The second-order valence-corrected chi connectivity index (χ2v) is 4.91.